The molecule has 0 atom stereocenters. The number of benzene rings is 1. The first-order chi connectivity index (χ1) is 8.20. The second-order valence-corrected chi connectivity index (χ2v) is 4.50. The van der Waals surface area contributed by atoms with E-state index in [0.29, 0.717) is 0 Å². The van der Waals surface area contributed by atoms with Crippen LogP contribution in [0.4, 0.5) is 15.8 Å². The van der Waals surface area contributed by atoms with Crippen LogP contribution >= 0.6 is 15.9 Å². The van der Waals surface area contributed by atoms with Gasteiger partial charge < -0.3 is 4.90 Å². The Morgan fingerprint density at radius 2 is 2.06 bits per heavy atom. The summed E-state index contributed by atoms with van der Waals surface area (Å²) in [6, 6.07) is 8.51. The molecule has 1 aromatic heterocycles. The van der Waals surface area contributed by atoms with E-state index in [1.165, 1.54) is 12.1 Å². The fourth-order valence-electron chi connectivity index (χ4n) is 1.71. The smallest absolute Gasteiger partial charge is 0.125 e. The largest absolute Gasteiger partial charge is 0.340 e. The maximum atomic E-state index is 13.2. The summed E-state index contributed by atoms with van der Waals surface area (Å²) in [5, 5.41) is 0. The van der Waals surface area contributed by atoms with E-state index < -0.39 is 0 Å². The van der Waals surface area contributed by atoms with Gasteiger partial charge in [-0.25, -0.2) is 4.39 Å². The van der Waals surface area contributed by atoms with E-state index in [0.717, 1.165) is 22.4 Å². The molecular weight excluding hydrogens is 283 g/mol. The zero-order valence-corrected chi connectivity index (χ0v) is 11.0. The Morgan fingerprint density at radius 3 is 2.71 bits per heavy atom. The van der Waals surface area contributed by atoms with Crippen LogP contribution in [-0.4, -0.2) is 11.5 Å². The second-order valence-electron chi connectivity index (χ2n) is 3.59. The van der Waals surface area contributed by atoms with Gasteiger partial charge in [-0.2, -0.15) is 0 Å². The van der Waals surface area contributed by atoms with Crippen LogP contribution in [0, 0.1) is 5.82 Å². The molecule has 2 aromatic rings. The van der Waals surface area contributed by atoms with Crippen LogP contribution in [0.2, 0.25) is 0 Å². The van der Waals surface area contributed by atoms with Crippen molar-refractivity contribution in [2.45, 2.75) is 6.92 Å². The fraction of sp³-hybridized carbons (Fsp3) is 0.154. The topological polar surface area (TPSA) is 16.1 Å². The molecule has 0 aliphatic heterocycles. The number of rotatable bonds is 3. The number of halogens is 2. The summed E-state index contributed by atoms with van der Waals surface area (Å²) in [7, 11) is 0. The Kier molecular flexibility index (Phi) is 3.74. The number of pyridine rings is 1. The second kappa shape index (κ2) is 5.27. The highest BCUT2D eigenvalue weighted by molar-refractivity contribution is 9.10. The molecule has 0 unspecified atom stereocenters. The van der Waals surface area contributed by atoms with Crippen LogP contribution in [0.15, 0.2) is 47.2 Å². The van der Waals surface area contributed by atoms with Crippen molar-refractivity contribution in [1.29, 1.82) is 0 Å². The Bertz CT molecular complexity index is 471. The van der Waals surface area contributed by atoms with Crippen LogP contribution in [-0.2, 0) is 0 Å². The molecule has 1 aromatic carbocycles. The van der Waals surface area contributed by atoms with Gasteiger partial charge in [0.05, 0.1) is 11.9 Å². The molecule has 0 fully saturated rings. The average molecular weight is 295 g/mol. The molecule has 0 saturated heterocycles. The molecule has 0 N–H and O–H groups in total. The summed E-state index contributed by atoms with van der Waals surface area (Å²) < 4.78 is 14.1. The number of anilines is 2. The lowest BCUT2D eigenvalue weighted by atomic mass is 10.2. The van der Waals surface area contributed by atoms with Crippen molar-refractivity contribution in [3.8, 4) is 0 Å². The summed E-state index contributed by atoms with van der Waals surface area (Å²) in [6.45, 7) is 2.77. The summed E-state index contributed by atoms with van der Waals surface area (Å²) in [5.74, 6) is -0.232. The molecule has 1 heterocycles. The third-order valence-corrected chi connectivity index (χ3v) is 2.87. The predicted octanol–water partition coefficient (Wildman–Crippen LogP) is 4.14. The van der Waals surface area contributed by atoms with Gasteiger partial charge in [-0.05, 0) is 47.1 Å². The normalized spacial score (nSPS) is 10.3. The zero-order valence-electron chi connectivity index (χ0n) is 9.40. The molecule has 88 valence electrons. The van der Waals surface area contributed by atoms with Crippen LogP contribution in [0.3, 0.4) is 0 Å². The van der Waals surface area contributed by atoms with Gasteiger partial charge in [0.15, 0.2) is 0 Å². The van der Waals surface area contributed by atoms with E-state index >= 15 is 0 Å². The third-order valence-electron chi connectivity index (χ3n) is 2.44. The summed E-state index contributed by atoms with van der Waals surface area (Å²) in [5.41, 5.74) is 1.76. The van der Waals surface area contributed by atoms with Gasteiger partial charge in [0.2, 0.25) is 0 Å². The van der Waals surface area contributed by atoms with Crippen LogP contribution in [0.1, 0.15) is 6.92 Å². The fourth-order valence-corrected chi connectivity index (χ4v) is 2.06. The van der Waals surface area contributed by atoms with Crippen molar-refractivity contribution in [2.75, 3.05) is 11.4 Å². The van der Waals surface area contributed by atoms with E-state index in [1.54, 1.807) is 18.5 Å². The van der Waals surface area contributed by atoms with E-state index in [2.05, 4.69) is 20.9 Å². The van der Waals surface area contributed by atoms with Crippen molar-refractivity contribution in [1.82, 2.24) is 4.98 Å². The van der Waals surface area contributed by atoms with Gasteiger partial charge >= 0.3 is 0 Å². The van der Waals surface area contributed by atoms with E-state index in [9.17, 15) is 4.39 Å². The number of hydrogen-bond acceptors (Lipinski definition) is 2. The molecule has 2 nitrogen and oxygen atoms in total. The number of hydrogen-bond donors (Lipinski definition) is 0. The summed E-state index contributed by atoms with van der Waals surface area (Å²) in [4.78, 5) is 6.12. The lowest BCUT2D eigenvalue weighted by Crippen LogP contribution is -2.16. The van der Waals surface area contributed by atoms with Crippen LogP contribution in [0.25, 0.3) is 0 Å². The van der Waals surface area contributed by atoms with Crippen molar-refractivity contribution in [2.24, 2.45) is 0 Å². The first-order valence-corrected chi connectivity index (χ1v) is 6.13. The van der Waals surface area contributed by atoms with Crippen molar-refractivity contribution in [3.05, 3.63) is 53.0 Å². The molecule has 0 amide bonds. The lowest BCUT2D eigenvalue weighted by molar-refractivity contribution is 0.627. The Balaban J connectivity index is 2.40. The molecule has 0 saturated carbocycles. The zero-order chi connectivity index (χ0) is 12.3. The molecule has 4 heteroatoms. The predicted molar refractivity (Wildman–Crippen MR) is 71.0 cm³/mol. The highest BCUT2D eigenvalue weighted by Gasteiger charge is 2.08. The summed E-state index contributed by atoms with van der Waals surface area (Å²) >= 11 is 3.38. The number of nitrogens with zero attached hydrogens (tertiary/aromatic N) is 2. The minimum Gasteiger partial charge on any atom is -0.340 e. The molecule has 0 aliphatic rings. The molecule has 2 rings (SSSR count). The van der Waals surface area contributed by atoms with E-state index in [4.69, 9.17) is 0 Å². The Hall–Kier alpha value is -1.42. The maximum Gasteiger partial charge on any atom is 0.125 e. The highest BCUT2D eigenvalue weighted by atomic mass is 79.9. The molecule has 0 radical (unpaired) electrons. The van der Waals surface area contributed by atoms with Gasteiger partial charge in [-0.1, -0.05) is 6.07 Å². The first kappa shape index (κ1) is 12.0. The molecule has 0 aliphatic carbocycles. The average Bonchev–Trinajstić information content (AvgIpc) is 2.30. The Labute approximate surface area is 108 Å². The molecular formula is C13H12BrFN2. The molecule has 17 heavy (non-hydrogen) atoms. The van der Waals surface area contributed by atoms with Crippen molar-refractivity contribution >= 4 is 27.3 Å². The van der Waals surface area contributed by atoms with Gasteiger partial charge in [-0.3, -0.25) is 4.98 Å². The maximum absolute atomic E-state index is 13.2. The van der Waals surface area contributed by atoms with Gasteiger partial charge in [0.1, 0.15) is 5.82 Å². The van der Waals surface area contributed by atoms with E-state index in [1.807, 2.05) is 24.0 Å². The lowest BCUT2D eigenvalue weighted by Gasteiger charge is -2.23. The van der Waals surface area contributed by atoms with Crippen molar-refractivity contribution in [3.63, 3.8) is 0 Å². The molecule has 0 bridgehead atoms. The van der Waals surface area contributed by atoms with Gasteiger partial charge in [0, 0.05) is 22.9 Å². The third kappa shape index (κ3) is 2.82. The minimum absolute atomic E-state index is 0.232. The SMILES string of the molecule is CCN(c1cccc(F)c1)c1cncc(Br)c1. The van der Waals surface area contributed by atoms with E-state index in [-0.39, 0.29) is 5.82 Å². The number of aromatic nitrogens is 1. The Morgan fingerprint density at radius 1 is 1.24 bits per heavy atom. The van der Waals surface area contributed by atoms with Crippen LogP contribution < -0.4 is 4.90 Å². The first-order valence-electron chi connectivity index (χ1n) is 5.34. The van der Waals surface area contributed by atoms with Crippen LogP contribution in [0.5, 0.6) is 0 Å². The standard InChI is InChI=1S/C13H12BrFN2/c1-2-17(12-5-3-4-11(15)7-12)13-6-10(14)8-16-9-13/h3-9H,2H2,1H3. The van der Waals surface area contributed by atoms with Gasteiger partial charge in [-0.15, -0.1) is 0 Å². The minimum atomic E-state index is -0.232. The highest BCUT2D eigenvalue weighted by Crippen LogP contribution is 2.26. The monoisotopic (exact) mass is 294 g/mol. The quantitative estimate of drug-likeness (QED) is 0.846. The summed E-state index contributed by atoms with van der Waals surface area (Å²) in [6.07, 6.45) is 3.49. The van der Waals surface area contributed by atoms with Gasteiger partial charge in [0.25, 0.3) is 0 Å². The van der Waals surface area contributed by atoms with Crippen molar-refractivity contribution < 1.29 is 4.39 Å². The molecule has 0 spiro atoms.